The molecule has 1 fully saturated rings. The zero-order valence-electron chi connectivity index (χ0n) is 24.1. The van der Waals surface area contributed by atoms with Crippen molar-refractivity contribution in [3.63, 3.8) is 0 Å². The highest BCUT2D eigenvalue weighted by molar-refractivity contribution is 7.92. The van der Waals surface area contributed by atoms with Crippen LogP contribution in [0.1, 0.15) is 35.6 Å². The molecule has 1 aliphatic carbocycles. The van der Waals surface area contributed by atoms with Crippen LogP contribution in [0.3, 0.4) is 0 Å². The van der Waals surface area contributed by atoms with E-state index in [9.17, 15) is 36.0 Å². The monoisotopic (exact) mass is 722 g/mol. The summed E-state index contributed by atoms with van der Waals surface area (Å²) in [4.78, 5) is 13.0. The first-order valence-corrected chi connectivity index (χ1v) is 17.4. The molecular formula is C28H28Cl2F2N3O9S2-. The summed E-state index contributed by atoms with van der Waals surface area (Å²) < 4.78 is 89.6. The van der Waals surface area contributed by atoms with Crippen LogP contribution in [0.5, 0.6) is 11.5 Å². The van der Waals surface area contributed by atoms with Crippen LogP contribution >= 0.6 is 23.2 Å². The SMILES string of the molecule is CS(=O)(=O)CN(c1ccc(CNC(=O)O[C@@H](Cc2c(Cl)c[n+]([O-])cc2Cl)c2ccc(OC(F)F)c(OCC3CC3)c2)cc1)S(=O)[O-]. The maximum absolute atomic E-state index is 13.1. The summed E-state index contributed by atoms with van der Waals surface area (Å²) in [7, 11) is -3.65. The minimum atomic E-state index is -3.65. The number of anilines is 1. The van der Waals surface area contributed by atoms with Gasteiger partial charge in [0.1, 0.15) is 22.0 Å². The Balaban J connectivity index is 1.54. The normalized spacial score (nSPS) is 14.4. The maximum Gasteiger partial charge on any atom is 0.408 e. The molecule has 250 valence electrons. The average molecular weight is 724 g/mol. The van der Waals surface area contributed by atoms with Gasteiger partial charge >= 0.3 is 12.7 Å². The van der Waals surface area contributed by atoms with Crippen molar-refractivity contribution in [2.24, 2.45) is 5.92 Å². The first-order chi connectivity index (χ1) is 21.7. The summed E-state index contributed by atoms with van der Waals surface area (Å²) in [5, 5.41) is 14.3. The van der Waals surface area contributed by atoms with E-state index in [0.717, 1.165) is 31.5 Å². The van der Waals surface area contributed by atoms with Crippen LogP contribution in [0.15, 0.2) is 54.9 Å². The van der Waals surface area contributed by atoms with Gasteiger partial charge in [0.2, 0.25) is 0 Å². The van der Waals surface area contributed by atoms with Gasteiger partial charge in [-0.15, -0.1) is 0 Å². The molecule has 1 aromatic heterocycles. The van der Waals surface area contributed by atoms with Gasteiger partial charge in [-0.1, -0.05) is 41.4 Å². The number of hydrogen-bond donors (Lipinski definition) is 1. The second kappa shape index (κ2) is 15.4. The van der Waals surface area contributed by atoms with E-state index in [1.54, 1.807) is 0 Å². The fraction of sp³-hybridized carbons (Fsp3) is 0.357. The van der Waals surface area contributed by atoms with Gasteiger partial charge in [0.05, 0.1) is 6.61 Å². The predicted octanol–water partition coefficient (Wildman–Crippen LogP) is 4.83. The van der Waals surface area contributed by atoms with Crippen molar-refractivity contribution in [1.29, 1.82) is 0 Å². The zero-order valence-corrected chi connectivity index (χ0v) is 27.2. The second-order valence-corrected chi connectivity index (χ2v) is 14.2. The molecule has 18 heteroatoms. The number of benzene rings is 2. The number of nitrogens with one attached hydrogen (secondary N) is 1. The van der Waals surface area contributed by atoms with E-state index in [-0.39, 0.29) is 52.4 Å². The minimum absolute atomic E-state index is 0.00313. The zero-order chi connectivity index (χ0) is 33.6. The van der Waals surface area contributed by atoms with E-state index in [1.807, 2.05) is 0 Å². The number of amides is 1. The topological polar surface area (TPSA) is 161 Å². The summed E-state index contributed by atoms with van der Waals surface area (Å²) >= 11 is 9.70. The maximum atomic E-state index is 13.1. The third-order valence-corrected chi connectivity index (χ3v) is 8.86. The molecule has 1 amide bonds. The van der Waals surface area contributed by atoms with E-state index in [4.69, 9.17) is 32.7 Å². The van der Waals surface area contributed by atoms with Crippen LogP contribution in [-0.2, 0) is 38.8 Å². The van der Waals surface area contributed by atoms with E-state index in [2.05, 4.69) is 10.1 Å². The van der Waals surface area contributed by atoms with Gasteiger partial charge in [0.15, 0.2) is 33.7 Å². The number of aromatic nitrogens is 1. The number of carbonyl (C=O) groups excluding carboxylic acids is 1. The first kappa shape index (κ1) is 35.4. The largest absolute Gasteiger partial charge is 0.755 e. The molecule has 3 aromatic rings. The number of halogens is 4. The molecule has 1 aliphatic rings. The number of alkyl carbamates (subject to hydrolysis) is 1. The van der Waals surface area contributed by atoms with Crippen LogP contribution in [0.2, 0.25) is 10.0 Å². The van der Waals surface area contributed by atoms with Crippen molar-refractivity contribution in [1.82, 2.24) is 5.32 Å². The molecule has 0 saturated heterocycles. The van der Waals surface area contributed by atoms with Crippen molar-refractivity contribution in [2.45, 2.75) is 38.5 Å². The Morgan fingerprint density at radius 2 is 1.78 bits per heavy atom. The Bertz CT molecular complexity index is 1660. The van der Waals surface area contributed by atoms with E-state index >= 15 is 0 Å². The smallest absolute Gasteiger partial charge is 0.408 e. The lowest BCUT2D eigenvalue weighted by Crippen LogP contribution is -2.31. The molecular weight excluding hydrogens is 695 g/mol. The Labute approximate surface area is 276 Å². The number of pyridine rings is 1. The van der Waals surface area contributed by atoms with Gasteiger partial charge in [-0.05, 0) is 54.2 Å². The minimum Gasteiger partial charge on any atom is -0.755 e. The van der Waals surface area contributed by atoms with Crippen molar-refractivity contribution in [3.8, 4) is 11.5 Å². The third-order valence-electron chi connectivity index (χ3n) is 6.62. The van der Waals surface area contributed by atoms with Crippen molar-refractivity contribution < 1.29 is 49.7 Å². The van der Waals surface area contributed by atoms with Crippen LogP contribution < -0.4 is 23.8 Å². The Morgan fingerprint density at radius 1 is 1.13 bits per heavy atom. The molecule has 4 rings (SSSR count). The number of sulfone groups is 1. The quantitative estimate of drug-likeness (QED) is 0.132. The second-order valence-electron chi connectivity index (χ2n) is 10.4. The van der Waals surface area contributed by atoms with Crippen LogP contribution in [0.25, 0.3) is 0 Å². The Morgan fingerprint density at radius 3 is 2.35 bits per heavy atom. The number of rotatable bonds is 15. The number of nitrogens with zero attached hydrogens (tertiary/aromatic N) is 2. The summed E-state index contributed by atoms with van der Waals surface area (Å²) in [6.45, 7) is -2.89. The van der Waals surface area contributed by atoms with Gasteiger partial charge in [-0.3, -0.25) is 8.51 Å². The van der Waals surface area contributed by atoms with E-state index < -0.39 is 45.8 Å². The lowest BCUT2D eigenvalue weighted by Gasteiger charge is -2.25. The predicted molar refractivity (Wildman–Crippen MR) is 164 cm³/mol. The number of carbonyl (C=O) groups is 1. The summed E-state index contributed by atoms with van der Waals surface area (Å²) in [6, 6.07) is 9.82. The molecule has 1 unspecified atom stereocenters. The lowest BCUT2D eigenvalue weighted by molar-refractivity contribution is -0.605. The lowest BCUT2D eigenvalue weighted by atomic mass is 10.0. The number of ether oxygens (including phenoxy) is 3. The molecule has 2 atom stereocenters. The van der Waals surface area contributed by atoms with Gasteiger partial charge in [0, 0.05) is 41.7 Å². The number of alkyl halides is 2. The fourth-order valence-electron chi connectivity index (χ4n) is 4.20. The van der Waals surface area contributed by atoms with E-state index in [0.29, 0.717) is 26.1 Å². The summed E-state index contributed by atoms with van der Waals surface area (Å²) in [5.41, 5.74) is 1.23. The van der Waals surface area contributed by atoms with Crippen molar-refractivity contribution >= 4 is 56.1 Å². The van der Waals surface area contributed by atoms with Gasteiger partial charge < -0.3 is 29.3 Å². The standard InChI is InChI=1S/C28H29Cl2F2N3O9S2/c1-46(40,41)16-35(45(38)39)20-7-4-17(5-8-20)12-33-28(36)44-25(11-21-22(29)13-34(37)14-23(21)30)19-6-9-24(43-27(31)32)26(10-19)42-15-18-2-3-18/h4-10,13-14,18,25,27H,2-3,11-12,15-16H2,1H3,(H,33,36)(H,38,39)/p-1/t25-/m0/s1. The molecule has 46 heavy (non-hydrogen) atoms. The summed E-state index contributed by atoms with van der Waals surface area (Å²) in [5.74, 6) is -0.641. The molecule has 1 N–H and O–H groups in total. The highest BCUT2D eigenvalue weighted by Gasteiger charge is 2.26. The highest BCUT2D eigenvalue weighted by atomic mass is 35.5. The molecule has 1 saturated carbocycles. The summed E-state index contributed by atoms with van der Waals surface area (Å²) in [6.07, 6.45) is 2.84. The molecule has 2 aromatic carbocycles. The van der Waals surface area contributed by atoms with Crippen molar-refractivity contribution in [2.75, 3.05) is 23.0 Å². The van der Waals surface area contributed by atoms with Gasteiger partial charge in [-0.2, -0.15) is 13.5 Å². The van der Waals surface area contributed by atoms with Gasteiger partial charge in [0.25, 0.3) is 0 Å². The molecule has 1 heterocycles. The Hall–Kier alpha value is -3.44. The molecule has 0 radical (unpaired) electrons. The first-order valence-electron chi connectivity index (χ1n) is 13.5. The number of hydrogen-bond acceptors (Lipinski definition) is 9. The molecule has 0 spiro atoms. The van der Waals surface area contributed by atoms with Crippen LogP contribution in [-0.4, -0.2) is 48.6 Å². The average Bonchev–Trinajstić information content (AvgIpc) is 3.80. The van der Waals surface area contributed by atoms with Gasteiger partial charge in [-0.25, -0.2) is 13.2 Å². The Kier molecular flexibility index (Phi) is 11.9. The van der Waals surface area contributed by atoms with Crippen LogP contribution in [0, 0.1) is 11.1 Å². The van der Waals surface area contributed by atoms with Crippen LogP contribution in [0.4, 0.5) is 19.3 Å². The molecule has 0 bridgehead atoms. The fourth-order valence-corrected chi connectivity index (χ4v) is 6.59. The third kappa shape index (κ3) is 10.6. The molecule has 12 nitrogen and oxygen atoms in total. The van der Waals surface area contributed by atoms with E-state index in [1.165, 1.54) is 42.5 Å². The highest BCUT2D eigenvalue weighted by Crippen LogP contribution is 2.37. The van der Waals surface area contributed by atoms with Crippen molar-refractivity contribution in [3.05, 3.63) is 86.8 Å². The molecule has 0 aliphatic heterocycles.